The van der Waals surface area contributed by atoms with Crippen molar-refractivity contribution in [3.05, 3.63) is 84.9 Å². The molecule has 0 bridgehead atoms. The minimum Gasteiger partial charge on any atom is -0.310 e. The lowest BCUT2D eigenvalue weighted by molar-refractivity contribution is 1.21. The summed E-state index contributed by atoms with van der Waals surface area (Å²) in [6, 6.07) is 27.9. The van der Waals surface area contributed by atoms with Crippen LogP contribution in [-0.2, 0) is 0 Å². The highest BCUT2D eigenvalue weighted by molar-refractivity contribution is 6.72. The van der Waals surface area contributed by atoms with Crippen molar-refractivity contribution in [3.8, 4) is 44.8 Å². The minimum absolute atomic E-state index is 0.0241. The summed E-state index contributed by atoms with van der Waals surface area (Å²) in [6.07, 6.45) is 0. The number of benzene rings is 8. The second kappa shape index (κ2) is 16.6. The first kappa shape index (κ1) is 46.3. The van der Waals surface area contributed by atoms with Crippen molar-refractivity contribution in [2.75, 3.05) is 0 Å². The predicted octanol–water partition coefficient (Wildman–Crippen LogP) is -8.83. The maximum Gasteiger partial charge on any atom is 0.115 e. The molecule has 0 aliphatic carbocycles. The Hall–Kier alpha value is -5.47. The molecule has 0 saturated heterocycles. The number of rotatable bonds is 5. The van der Waals surface area contributed by atoms with Crippen molar-refractivity contribution in [3.63, 3.8) is 0 Å². The molecule has 0 unspecified atom stereocenters. The van der Waals surface area contributed by atoms with E-state index in [4.69, 9.17) is 141 Å². The van der Waals surface area contributed by atoms with Crippen LogP contribution in [0.4, 0.5) is 0 Å². The smallest absolute Gasteiger partial charge is 0.115 e. The van der Waals surface area contributed by atoms with Gasteiger partial charge in [0.15, 0.2) is 0 Å². The van der Waals surface area contributed by atoms with E-state index in [0.29, 0.717) is 11.4 Å². The van der Waals surface area contributed by atoms with Crippen LogP contribution in [0, 0.1) is 0 Å². The third-order valence-corrected chi connectivity index (χ3v) is 13.3. The summed E-state index contributed by atoms with van der Waals surface area (Å²) < 4.78 is 3.87. The molecule has 10 rings (SSSR count). The molecule has 36 radical (unpaired) electrons. The number of hydrogen-bond acceptors (Lipinski definition) is 0. The van der Waals surface area contributed by atoms with Gasteiger partial charge in [0, 0.05) is 32.9 Å². The van der Waals surface area contributed by atoms with E-state index >= 15 is 0 Å². The second-order valence-corrected chi connectivity index (χ2v) is 16.8. The monoisotopic (exact) mass is 816 g/mol. The first-order chi connectivity index (χ1) is 32.3. The fraction of sp³-hybridized carbons (Fsp3) is 0. The van der Waals surface area contributed by atoms with E-state index in [1.165, 1.54) is 0 Å². The Morgan fingerprint density at radius 1 is 0.221 bits per heavy atom. The van der Waals surface area contributed by atoms with Gasteiger partial charge in [0.1, 0.15) is 141 Å². The van der Waals surface area contributed by atoms with E-state index < -0.39 is 0 Å². The maximum atomic E-state index is 6.92. The average Bonchev–Trinajstić information content (AvgIpc) is 3.84. The Balaban J connectivity index is 1.15. The molecular formula is C48H14B18N2. The standard InChI is InChI=1S/C48H14B18N2/c49-29-25(30(50)38(58)41(61)37(29)57)27-33(53)43(63)47(44(64)34(27)54)67-21-7-3-1-5-17(21)19-13-15(9-11-23(19)67)16-10-12-24-20(14-16)18-6-2-4-8-22(18)68(24)48-45(65)35(55)28(36(56)46(48)66)26-31(51)39(59)42(62)40(60)32(26)52/h1-14H. The molecular weight excluding hydrogens is 799 g/mol. The molecule has 0 N–H and O–H groups in total. The molecule has 270 valence electrons. The maximum absolute atomic E-state index is 6.92. The van der Waals surface area contributed by atoms with E-state index in [0.717, 1.165) is 54.7 Å². The molecule has 0 fully saturated rings. The highest BCUT2D eigenvalue weighted by Crippen LogP contribution is 2.37. The summed E-state index contributed by atoms with van der Waals surface area (Å²) in [5.74, 6) is 0. The normalized spacial score (nSPS) is 11.7. The summed E-state index contributed by atoms with van der Waals surface area (Å²) in [4.78, 5) is 0. The number of nitrogens with zero attached hydrogens (tertiary/aromatic N) is 2. The largest absolute Gasteiger partial charge is 0.310 e. The Bertz CT molecular complexity index is 3540. The first-order valence-electron chi connectivity index (χ1n) is 20.9. The van der Waals surface area contributed by atoms with Gasteiger partial charge in [-0.05, 0) is 69.8 Å². The van der Waals surface area contributed by atoms with E-state index in [-0.39, 0.29) is 121 Å². The van der Waals surface area contributed by atoms with Crippen molar-refractivity contribution in [1.82, 2.24) is 9.13 Å². The van der Waals surface area contributed by atoms with Crippen LogP contribution < -0.4 is 98.3 Å². The molecule has 2 aromatic heterocycles. The van der Waals surface area contributed by atoms with E-state index in [9.17, 15) is 0 Å². The van der Waals surface area contributed by atoms with Gasteiger partial charge in [0.25, 0.3) is 0 Å². The Kier molecular flexibility index (Phi) is 11.3. The van der Waals surface area contributed by atoms with E-state index in [1.807, 2.05) is 81.9 Å². The molecule has 2 heterocycles. The number of aromatic nitrogens is 2. The van der Waals surface area contributed by atoms with Crippen LogP contribution in [0.15, 0.2) is 84.9 Å². The molecule has 0 aliphatic heterocycles. The van der Waals surface area contributed by atoms with Crippen molar-refractivity contribution in [1.29, 1.82) is 0 Å². The van der Waals surface area contributed by atoms with Crippen LogP contribution in [0.5, 0.6) is 0 Å². The zero-order chi connectivity index (χ0) is 48.7. The van der Waals surface area contributed by atoms with Crippen LogP contribution in [0.1, 0.15) is 0 Å². The van der Waals surface area contributed by atoms with Gasteiger partial charge in [-0.15, -0.1) is 32.8 Å². The highest BCUT2D eigenvalue weighted by Gasteiger charge is 2.25. The van der Waals surface area contributed by atoms with Crippen molar-refractivity contribution < 1.29 is 0 Å². The van der Waals surface area contributed by atoms with Crippen LogP contribution in [0.3, 0.4) is 0 Å². The van der Waals surface area contributed by atoms with E-state index in [1.54, 1.807) is 0 Å². The van der Waals surface area contributed by atoms with Crippen molar-refractivity contribution >= 4 is 283 Å². The third kappa shape index (κ3) is 6.44. The molecule has 0 aliphatic rings. The van der Waals surface area contributed by atoms with Crippen LogP contribution in [0.25, 0.3) is 88.4 Å². The number of fused-ring (bicyclic) bond motifs is 6. The Labute approximate surface area is 419 Å². The lowest BCUT2D eigenvalue weighted by Gasteiger charge is -2.29. The van der Waals surface area contributed by atoms with Gasteiger partial charge < -0.3 is 9.13 Å². The molecule has 0 atom stereocenters. The zero-order valence-electron chi connectivity index (χ0n) is 36.4. The van der Waals surface area contributed by atoms with Crippen molar-refractivity contribution in [2.24, 2.45) is 0 Å². The number of para-hydroxylation sites is 2. The summed E-state index contributed by atoms with van der Waals surface area (Å²) in [5, 5.41) is 3.61. The topological polar surface area (TPSA) is 9.86 Å². The van der Waals surface area contributed by atoms with Crippen molar-refractivity contribution in [2.45, 2.75) is 0 Å². The Morgan fingerprint density at radius 3 is 0.750 bits per heavy atom. The minimum atomic E-state index is 0.0241. The zero-order valence-corrected chi connectivity index (χ0v) is 36.4. The van der Waals surface area contributed by atoms with Crippen LogP contribution >= 0.6 is 0 Å². The summed E-state index contributed by atoms with van der Waals surface area (Å²) in [7, 11) is 118. The molecule has 20 heteroatoms. The quantitative estimate of drug-likeness (QED) is 0.153. The highest BCUT2D eigenvalue weighted by atomic mass is 15.0. The van der Waals surface area contributed by atoms with E-state index in [2.05, 4.69) is 12.1 Å². The fourth-order valence-corrected chi connectivity index (χ4v) is 9.67. The molecule has 10 aromatic rings. The third-order valence-electron chi connectivity index (χ3n) is 13.3. The van der Waals surface area contributed by atoms with Gasteiger partial charge in [-0.3, -0.25) is 0 Å². The molecule has 0 amide bonds. The van der Waals surface area contributed by atoms with Gasteiger partial charge in [-0.25, -0.2) is 0 Å². The summed E-state index contributed by atoms with van der Waals surface area (Å²) in [5.41, 5.74) is 7.51. The van der Waals surface area contributed by atoms with Gasteiger partial charge in [-0.1, -0.05) is 114 Å². The first-order valence-corrected chi connectivity index (χ1v) is 20.9. The Morgan fingerprint density at radius 2 is 0.456 bits per heavy atom. The summed E-state index contributed by atoms with van der Waals surface area (Å²) in [6.45, 7) is 0. The number of hydrogen-bond donors (Lipinski definition) is 0. The molecule has 68 heavy (non-hydrogen) atoms. The summed E-state index contributed by atoms with van der Waals surface area (Å²) >= 11 is 0. The van der Waals surface area contributed by atoms with Gasteiger partial charge in [-0.2, -0.15) is 0 Å². The predicted molar refractivity (Wildman–Crippen MR) is 308 cm³/mol. The van der Waals surface area contributed by atoms with Gasteiger partial charge in [0.2, 0.25) is 0 Å². The lowest BCUT2D eigenvalue weighted by Crippen LogP contribution is -2.57. The lowest BCUT2D eigenvalue weighted by atomic mass is 9.56. The molecule has 0 spiro atoms. The SMILES string of the molecule is [B]c1c([B])c([B])c(-c2c([B])c([B])c(-n3c4ccccc4c4cc(-c5ccc6c(c5)c5ccccc5n6-c5c([B])c([B])c(-c6c([B])c([B])c([B])c([B])c6[B])c([B])c5[B])ccc43)c([B])c2[B])c([B])c1[B]. The van der Waals surface area contributed by atoms with Crippen LogP contribution in [-0.4, -0.2) is 150 Å². The van der Waals surface area contributed by atoms with Gasteiger partial charge in [0.05, 0.1) is 22.1 Å². The molecule has 2 nitrogen and oxygen atoms in total. The molecule has 8 aromatic carbocycles. The average molecular weight is 813 g/mol. The molecule has 0 saturated carbocycles. The fourth-order valence-electron chi connectivity index (χ4n) is 9.67. The van der Waals surface area contributed by atoms with Crippen LogP contribution in [0.2, 0.25) is 0 Å². The van der Waals surface area contributed by atoms with Gasteiger partial charge >= 0.3 is 0 Å². The second-order valence-electron chi connectivity index (χ2n) is 16.8.